The summed E-state index contributed by atoms with van der Waals surface area (Å²) in [6, 6.07) is 0. The van der Waals surface area contributed by atoms with Crippen LogP contribution in [0, 0.1) is 0 Å². The first-order valence-corrected chi connectivity index (χ1v) is 4.28. The molecule has 13 heavy (non-hydrogen) atoms. The normalized spacial score (nSPS) is 9.46. The number of amides is 1. The van der Waals surface area contributed by atoms with Gasteiger partial charge in [-0.15, -0.1) is 0 Å². The number of carbonyl (C=O) groups excluding carboxylic acids is 1. The first-order chi connectivity index (χ1) is 4.95. The van der Waals surface area contributed by atoms with Gasteiger partial charge >= 0.3 is 66.7 Å². The Morgan fingerprint density at radius 1 is 1.38 bits per heavy atom. The van der Waals surface area contributed by atoms with Crippen LogP contribution in [0.4, 0.5) is 0 Å². The van der Waals surface area contributed by atoms with E-state index in [0.29, 0.717) is 0 Å². The Hall–Kier alpha value is 1.54. The molecule has 7 nitrogen and oxygen atoms in total. The number of ether oxygens (including phenoxy) is 1. The molecule has 0 spiro atoms. The van der Waals surface area contributed by atoms with Crippen molar-refractivity contribution >= 4 is 73.1 Å². The Morgan fingerprint density at radius 3 is 2.15 bits per heavy atom. The van der Waals surface area contributed by atoms with Crippen LogP contribution in [0.15, 0.2) is 0 Å². The maximum absolute atomic E-state index is 10.1. The van der Waals surface area contributed by atoms with Crippen molar-refractivity contribution < 1.29 is 29.1 Å². The van der Waals surface area contributed by atoms with E-state index in [4.69, 9.17) is 15.0 Å². The molecule has 0 atom stereocenters. The Balaban J connectivity index is -0.000000500. The van der Waals surface area contributed by atoms with Crippen LogP contribution in [0.1, 0.15) is 0 Å². The second-order valence-electron chi connectivity index (χ2n) is 1.67. The van der Waals surface area contributed by atoms with E-state index in [1.807, 2.05) is 0 Å². The summed E-state index contributed by atoms with van der Waals surface area (Å²) in [6.45, 7) is -0.561. The number of rotatable bonds is 5. The van der Waals surface area contributed by atoms with E-state index in [2.05, 4.69) is 4.74 Å². The molecule has 0 aliphatic carbocycles. The van der Waals surface area contributed by atoms with Gasteiger partial charge in [-0.05, 0) is 0 Å². The molecule has 0 aromatic rings. The van der Waals surface area contributed by atoms with Crippen LogP contribution >= 0.6 is 7.60 Å². The zero-order valence-electron chi connectivity index (χ0n) is 5.45. The Morgan fingerprint density at radius 2 is 1.85 bits per heavy atom. The minimum absolute atomic E-state index is 0. The van der Waals surface area contributed by atoms with Gasteiger partial charge in [0.2, 0.25) is 6.41 Å². The van der Waals surface area contributed by atoms with Crippen molar-refractivity contribution in [1.29, 1.82) is 0 Å². The average Bonchev–Trinajstić information content (AvgIpc) is 1.85. The molecule has 1 amide bonds. The molecular weight excluding hydrogens is 223 g/mol. The van der Waals surface area contributed by atoms with Crippen LogP contribution in [0.25, 0.3) is 0 Å². The van der Waals surface area contributed by atoms with E-state index in [1.54, 1.807) is 0 Å². The van der Waals surface area contributed by atoms with Gasteiger partial charge in [-0.2, -0.15) is 0 Å². The molecule has 0 heterocycles. The summed E-state index contributed by atoms with van der Waals surface area (Å²) in [6.07, 6.45) is -0.766. The SMILES string of the molecule is O=CN(O)COCP(=O)(O)O.[NaH].[NaH]. The van der Waals surface area contributed by atoms with Crippen molar-refractivity contribution in [3.63, 3.8) is 0 Å². The van der Waals surface area contributed by atoms with Crippen LogP contribution in [-0.4, -0.2) is 98.7 Å². The van der Waals surface area contributed by atoms with Crippen LogP contribution in [0.3, 0.4) is 0 Å². The molecular formula is C3H10NNa2O6P. The Bertz CT molecular complexity index is 173. The Labute approximate surface area is 119 Å². The fourth-order valence-electron chi connectivity index (χ4n) is 0.284. The van der Waals surface area contributed by atoms with Gasteiger partial charge in [0, 0.05) is 0 Å². The van der Waals surface area contributed by atoms with Crippen LogP contribution in [-0.2, 0) is 14.1 Å². The first-order valence-electron chi connectivity index (χ1n) is 2.49. The molecule has 0 fully saturated rings. The van der Waals surface area contributed by atoms with Gasteiger partial charge in [-0.25, -0.2) is 5.06 Å². The topological polar surface area (TPSA) is 107 Å². The van der Waals surface area contributed by atoms with Gasteiger partial charge in [0.15, 0.2) is 6.35 Å². The number of hydrogen-bond donors (Lipinski definition) is 3. The fourth-order valence-corrected chi connectivity index (χ4v) is 0.603. The number of hydroxylamine groups is 2. The molecule has 3 N–H and O–H groups in total. The number of hydrogen-bond acceptors (Lipinski definition) is 4. The van der Waals surface area contributed by atoms with Gasteiger partial charge in [-0.1, -0.05) is 0 Å². The predicted octanol–water partition coefficient (Wildman–Crippen LogP) is -2.35. The molecule has 0 aromatic carbocycles. The third kappa shape index (κ3) is 16.2. The summed E-state index contributed by atoms with van der Waals surface area (Å²) in [5.41, 5.74) is 0. The summed E-state index contributed by atoms with van der Waals surface area (Å²) in [7, 11) is -4.21. The molecule has 10 heteroatoms. The van der Waals surface area contributed by atoms with E-state index >= 15 is 0 Å². The summed E-state index contributed by atoms with van der Waals surface area (Å²) < 4.78 is 14.3. The second kappa shape index (κ2) is 10.1. The standard InChI is InChI=1S/C3H8NO6P.2Na.2H/c5-1-4(6)2-10-3-11(7,8)9;;;;/h1,6H,2-3H2,(H2,7,8,9);;;;. The van der Waals surface area contributed by atoms with Crippen LogP contribution < -0.4 is 0 Å². The molecule has 0 aliphatic heterocycles. The average molecular weight is 233 g/mol. The molecule has 0 rings (SSSR count). The van der Waals surface area contributed by atoms with E-state index in [9.17, 15) is 9.36 Å². The molecule has 0 aromatic heterocycles. The van der Waals surface area contributed by atoms with Gasteiger partial charge in [0.25, 0.3) is 0 Å². The van der Waals surface area contributed by atoms with Crippen LogP contribution in [0.2, 0.25) is 0 Å². The van der Waals surface area contributed by atoms with Gasteiger partial charge in [-0.3, -0.25) is 14.6 Å². The summed E-state index contributed by atoms with van der Waals surface area (Å²) in [5.74, 6) is 0. The number of carbonyl (C=O) groups is 1. The number of nitrogens with zero attached hydrogens (tertiary/aromatic N) is 1. The quantitative estimate of drug-likeness (QED) is 0.122. The molecule has 70 valence electrons. The van der Waals surface area contributed by atoms with Crippen molar-refractivity contribution in [1.82, 2.24) is 5.06 Å². The van der Waals surface area contributed by atoms with E-state index in [1.165, 1.54) is 0 Å². The van der Waals surface area contributed by atoms with Crippen molar-refractivity contribution in [3.8, 4) is 0 Å². The van der Waals surface area contributed by atoms with Crippen molar-refractivity contribution in [2.45, 2.75) is 0 Å². The zero-order chi connectivity index (χ0) is 8.91. The molecule has 0 unspecified atom stereocenters. The fraction of sp³-hybridized carbons (Fsp3) is 0.667. The molecule has 0 radical (unpaired) electrons. The molecule has 0 saturated carbocycles. The summed E-state index contributed by atoms with van der Waals surface area (Å²) in [4.78, 5) is 26.1. The van der Waals surface area contributed by atoms with Crippen molar-refractivity contribution in [2.75, 3.05) is 13.1 Å². The van der Waals surface area contributed by atoms with E-state index < -0.39 is 20.7 Å². The van der Waals surface area contributed by atoms with Gasteiger partial charge in [0.1, 0.15) is 6.73 Å². The molecule has 0 aliphatic rings. The second-order valence-corrected chi connectivity index (χ2v) is 3.26. The van der Waals surface area contributed by atoms with Gasteiger partial charge in [0.05, 0.1) is 0 Å². The maximum atomic E-state index is 10.1. The van der Waals surface area contributed by atoms with Crippen molar-refractivity contribution in [2.24, 2.45) is 0 Å². The monoisotopic (exact) mass is 233 g/mol. The first kappa shape index (κ1) is 20.0. The molecule has 0 bridgehead atoms. The van der Waals surface area contributed by atoms with E-state index in [-0.39, 0.29) is 70.6 Å². The van der Waals surface area contributed by atoms with E-state index in [0.717, 1.165) is 0 Å². The zero-order valence-corrected chi connectivity index (χ0v) is 6.35. The van der Waals surface area contributed by atoms with Crippen molar-refractivity contribution in [3.05, 3.63) is 0 Å². The molecule has 0 saturated heterocycles. The predicted molar refractivity (Wildman–Crippen MR) is 46.9 cm³/mol. The van der Waals surface area contributed by atoms with Gasteiger partial charge < -0.3 is 14.5 Å². The third-order valence-electron chi connectivity index (χ3n) is 0.605. The van der Waals surface area contributed by atoms with Crippen LogP contribution in [0.5, 0.6) is 0 Å². The third-order valence-corrected chi connectivity index (χ3v) is 1.12. The minimum atomic E-state index is -4.21. The summed E-state index contributed by atoms with van der Waals surface area (Å²) >= 11 is 0. The Kier molecular flexibility index (Phi) is 15.5. The summed E-state index contributed by atoms with van der Waals surface area (Å²) in [5, 5.41) is 8.46.